The Bertz CT molecular complexity index is 697. The van der Waals surface area contributed by atoms with Gasteiger partial charge in [0.25, 0.3) is 0 Å². The maximum Gasteiger partial charge on any atom is 0.230 e. The van der Waals surface area contributed by atoms with Crippen LogP contribution < -0.4 is 10.1 Å². The molecule has 0 unspecified atom stereocenters. The number of carbonyl (C=O) groups is 1. The van der Waals surface area contributed by atoms with E-state index in [1.54, 1.807) is 18.2 Å². The zero-order chi connectivity index (χ0) is 15.9. The minimum Gasteiger partial charge on any atom is -0.495 e. The van der Waals surface area contributed by atoms with Crippen LogP contribution in [0.25, 0.3) is 0 Å². The lowest BCUT2D eigenvalue weighted by Crippen LogP contribution is -2.55. The molecule has 22 heavy (non-hydrogen) atoms. The monoisotopic (exact) mass is 344 g/mol. The fraction of sp³-hybridized carbons (Fsp3) is 0.500. The fourth-order valence-corrected chi connectivity index (χ4v) is 4.56. The highest BCUT2D eigenvalue weighted by Gasteiger charge is 2.46. The van der Waals surface area contributed by atoms with Crippen molar-refractivity contribution in [3.05, 3.63) is 23.2 Å². The van der Waals surface area contributed by atoms with Gasteiger partial charge < -0.3 is 10.1 Å². The van der Waals surface area contributed by atoms with E-state index in [1.807, 2.05) is 0 Å². The minimum atomic E-state index is -3.17. The van der Waals surface area contributed by atoms with Gasteiger partial charge in [0.15, 0.2) is 0 Å². The summed E-state index contributed by atoms with van der Waals surface area (Å²) < 4.78 is 30.4. The van der Waals surface area contributed by atoms with E-state index in [0.717, 1.165) is 12.8 Å². The van der Waals surface area contributed by atoms with Crippen molar-refractivity contribution in [3.8, 4) is 5.75 Å². The number of ether oxygens (including phenoxy) is 1. The van der Waals surface area contributed by atoms with E-state index in [-0.39, 0.29) is 30.2 Å². The predicted molar refractivity (Wildman–Crippen MR) is 83.6 cm³/mol. The van der Waals surface area contributed by atoms with E-state index in [2.05, 4.69) is 5.32 Å². The maximum absolute atomic E-state index is 12.1. The zero-order valence-electron chi connectivity index (χ0n) is 12.1. The van der Waals surface area contributed by atoms with Gasteiger partial charge in [-0.05, 0) is 31.0 Å². The molecule has 1 saturated heterocycles. The van der Waals surface area contributed by atoms with Crippen LogP contribution in [0.4, 0.5) is 5.69 Å². The Balaban J connectivity index is 1.57. The third-order valence-corrected chi connectivity index (χ3v) is 6.57. The third kappa shape index (κ3) is 2.93. The van der Waals surface area contributed by atoms with Gasteiger partial charge in [0.2, 0.25) is 15.9 Å². The molecule has 1 saturated carbocycles. The van der Waals surface area contributed by atoms with Gasteiger partial charge in [0, 0.05) is 18.8 Å². The van der Waals surface area contributed by atoms with E-state index in [9.17, 15) is 13.2 Å². The van der Waals surface area contributed by atoms with Crippen LogP contribution in [0.5, 0.6) is 5.75 Å². The highest BCUT2D eigenvalue weighted by atomic mass is 35.5. The van der Waals surface area contributed by atoms with Crippen molar-refractivity contribution >= 4 is 33.2 Å². The van der Waals surface area contributed by atoms with E-state index >= 15 is 0 Å². The summed E-state index contributed by atoms with van der Waals surface area (Å²) in [7, 11) is -1.65. The van der Waals surface area contributed by atoms with Crippen molar-refractivity contribution in [1.29, 1.82) is 0 Å². The molecule has 1 aliphatic carbocycles. The number of sulfonamides is 1. The molecule has 1 heterocycles. The summed E-state index contributed by atoms with van der Waals surface area (Å²) in [4.78, 5) is 12.1. The van der Waals surface area contributed by atoms with Crippen LogP contribution in [0.15, 0.2) is 18.2 Å². The average molecular weight is 345 g/mol. The molecule has 0 aromatic heterocycles. The van der Waals surface area contributed by atoms with Gasteiger partial charge in [-0.1, -0.05) is 11.6 Å². The van der Waals surface area contributed by atoms with E-state index in [1.165, 1.54) is 11.4 Å². The Morgan fingerprint density at radius 3 is 2.59 bits per heavy atom. The molecule has 2 aliphatic rings. The lowest BCUT2D eigenvalue weighted by molar-refractivity contribution is -0.122. The van der Waals surface area contributed by atoms with Gasteiger partial charge in [0.05, 0.1) is 23.3 Å². The van der Waals surface area contributed by atoms with Crippen molar-refractivity contribution in [1.82, 2.24) is 4.31 Å². The molecule has 120 valence electrons. The Hall–Kier alpha value is -1.31. The number of amides is 1. The van der Waals surface area contributed by atoms with E-state index in [0.29, 0.717) is 16.5 Å². The molecule has 1 aliphatic heterocycles. The number of benzene rings is 1. The normalized spacial score (nSPS) is 19.5. The number of nitrogens with one attached hydrogen (secondary N) is 1. The molecule has 1 amide bonds. The van der Waals surface area contributed by atoms with Crippen LogP contribution in [0.1, 0.15) is 12.8 Å². The first-order valence-corrected chi connectivity index (χ1v) is 8.93. The number of anilines is 1. The van der Waals surface area contributed by atoms with Gasteiger partial charge in [-0.15, -0.1) is 0 Å². The minimum absolute atomic E-state index is 0.191. The topological polar surface area (TPSA) is 75.7 Å². The zero-order valence-corrected chi connectivity index (χ0v) is 13.7. The number of methoxy groups -OCH3 is 1. The standard InChI is InChI=1S/C14H17ClN2O4S/c1-21-13-5-2-10(6-12(13)15)16-14(18)9-7-17(8-9)22(19,20)11-3-4-11/h2,5-6,9,11H,3-4,7-8H2,1H3,(H,16,18). The number of halogens is 1. The molecule has 8 heteroatoms. The quantitative estimate of drug-likeness (QED) is 0.882. The Labute approximate surface area is 134 Å². The van der Waals surface area contributed by atoms with Crippen LogP contribution in [0.3, 0.4) is 0 Å². The fourth-order valence-electron chi connectivity index (χ4n) is 2.38. The van der Waals surface area contributed by atoms with Crippen LogP contribution in [-0.2, 0) is 14.8 Å². The second kappa shape index (κ2) is 5.72. The molecule has 3 rings (SSSR count). The molecule has 0 radical (unpaired) electrons. The van der Waals surface area contributed by atoms with Crippen molar-refractivity contribution < 1.29 is 17.9 Å². The number of nitrogens with zero attached hydrogens (tertiary/aromatic N) is 1. The van der Waals surface area contributed by atoms with E-state index < -0.39 is 10.0 Å². The van der Waals surface area contributed by atoms with Crippen LogP contribution in [0.2, 0.25) is 5.02 Å². The Morgan fingerprint density at radius 1 is 1.36 bits per heavy atom. The molecular weight excluding hydrogens is 328 g/mol. The second-order valence-corrected chi connectivity index (χ2v) is 8.22. The molecule has 1 aromatic rings. The van der Waals surface area contributed by atoms with Crippen LogP contribution >= 0.6 is 11.6 Å². The summed E-state index contributed by atoms with van der Waals surface area (Å²) in [5.74, 6) is 0.0305. The van der Waals surface area contributed by atoms with Crippen LogP contribution in [0, 0.1) is 5.92 Å². The summed E-state index contributed by atoms with van der Waals surface area (Å²) in [5, 5.41) is 2.94. The number of hydrogen-bond donors (Lipinski definition) is 1. The first-order chi connectivity index (χ1) is 10.4. The SMILES string of the molecule is COc1ccc(NC(=O)C2CN(S(=O)(=O)C3CC3)C2)cc1Cl. The third-order valence-electron chi connectivity index (χ3n) is 3.94. The smallest absolute Gasteiger partial charge is 0.230 e. The van der Waals surface area contributed by atoms with Crippen molar-refractivity contribution in [2.24, 2.45) is 5.92 Å². The summed E-state index contributed by atoms with van der Waals surface area (Å²) in [6.07, 6.45) is 1.47. The van der Waals surface area contributed by atoms with Crippen molar-refractivity contribution in [3.63, 3.8) is 0 Å². The molecule has 0 atom stereocenters. The summed E-state index contributed by atoms with van der Waals surface area (Å²) in [6, 6.07) is 4.97. The molecule has 6 nitrogen and oxygen atoms in total. The molecule has 0 spiro atoms. The predicted octanol–water partition coefficient (Wildman–Crippen LogP) is 1.71. The molecular formula is C14H17ClN2O4S. The summed E-state index contributed by atoms with van der Waals surface area (Å²) >= 11 is 6.00. The molecule has 1 aromatic carbocycles. The maximum atomic E-state index is 12.1. The van der Waals surface area contributed by atoms with Gasteiger partial charge in [-0.25, -0.2) is 8.42 Å². The number of hydrogen-bond acceptors (Lipinski definition) is 4. The molecule has 0 bridgehead atoms. The Kier molecular flexibility index (Phi) is 4.05. The Morgan fingerprint density at radius 2 is 2.05 bits per heavy atom. The lowest BCUT2D eigenvalue weighted by Gasteiger charge is -2.37. The van der Waals surface area contributed by atoms with Gasteiger partial charge in [-0.2, -0.15) is 4.31 Å². The van der Waals surface area contributed by atoms with Crippen molar-refractivity contribution in [2.45, 2.75) is 18.1 Å². The second-order valence-electron chi connectivity index (χ2n) is 5.60. The molecule has 1 N–H and O–H groups in total. The number of rotatable bonds is 5. The van der Waals surface area contributed by atoms with Gasteiger partial charge in [-0.3, -0.25) is 4.79 Å². The first kappa shape index (κ1) is 15.6. The molecule has 2 fully saturated rings. The highest BCUT2D eigenvalue weighted by Crippen LogP contribution is 2.35. The first-order valence-electron chi connectivity index (χ1n) is 7.05. The number of carbonyl (C=O) groups excluding carboxylic acids is 1. The lowest BCUT2D eigenvalue weighted by atomic mass is 10.0. The van der Waals surface area contributed by atoms with Gasteiger partial charge in [0.1, 0.15) is 5.75 Å². The summed E-state index contributed by atoms with van der Waals surface area (Å²) in [6.45, 7) is 0.517. The van der Waals surface area contributed by atoms with Crippen molar-refractivity contribution in [2.75, 3.05) is 25.5 Å². The largest absolute Gasteiger partial charge is 0.495 e. The van der Waals surface area contributed by atoms with Gasteiger partial charge >= 0.3 is 0 Å². The summed E-state index contributed by atoms with van der Waals surface area (Å²) in [5.41, 5.74) is 0.569. The highest BCUT2D eigenvalue weighted by molar-refractivity contribution is 7.90. The average Bonchev–Trinajstić information content (AvgIpc) is 3.21. The van der Waals surface area contributed by atoms with E-state index in [4.69, 9.17) is 16.3 Å². The van der Waals surface area contributed by atoms with Crippen LogP contribution in [-0.4, -0.2) is 44.1 Å².